The number of aromatic nitrogens is 3. The van der Waals surface area contributed by atoms with Crippen molar-refractivity contribution in [1.29, 1.82) is 0 Å². The van der Waals surface area contributed by atoms with E-state index >= 15 is 0 Å². The molecule has 0 aliphatic heterocycles. The van der Waals surface area contributed by atoms with Crippen molar-refractivity contribution >= 4 is 70.6 Å². The highest BCUT2D eigenvalue weighted by Gasteiger charge is 2.38. The summed E-state index contributed by atoms with van der Waals surface area (Å²) in [6.45, 7) is 0.992. The minimum absolute atomic E-state index is 0. The molecule has 0 unspecified atom stereocenters. The monoisotopic (exact) mass is 857 g/mol. The fourth-order valence-corrected chi connectivity index (χ4v) is 9.49. The Morgan fingerprint density at radius 2 is 1.54 bits per heavy atom. The van der Waals surface area contributed by atoms with Crippen molar-refractivity contribution in [1.82, 2.24) is 14.8 Å². The highest BCUT2D eigenvalue weighted by Crippen LogP contribution is 2.46. The Kier molecular flexibility index (Phi) is 11.9. The van der Waals surface area contributed by atoms with Crippen LogP contribution in [0.15, 0.2) is 30.3 Å². The summed E-state index contributed by atoms with van der Waals surface area (Å²) in [4.78, 5) is 4.73. The Balaban J connectivity index is 0.00000650. The maximum absolute atomic E-state index is 14.2. The van der Waals surface area contributed by atoms with E-state index in [1.165, 1.54) is 26.0 Å². The van der Waals surface area contributed by atoms with E-state index in [1.54, 1.807) is 0 Å². The van der Waals surface area contributed by atoms with Crippen LogP contribution in [0.4, 0.5) is 27.8 Å². The Morgan fingerprint density at radius 1 is 0.963 bits per heavy atom. The third kappa shape index (κ3) is 8.79. The fourth-order valence-electron chi connectivity index (χ4n) is 6.17. The van der Waals surface area contributed by atoms with Gasteiger partial charge in [0.15, 0.2) is 15.7 Å². The summed E-state index contributed by atoms with van der Waals surface area (Å²) < 4.78 is 146. The minimum atomic E-state index is -4.95. The van der Waals surface area contributed by atoms with Crippen molar-refractivity contribution in [2.45, 2.75) is 63.0 Å². The van der Waals surface area contributed by atoms with E-state index in [9.17, 15) is 47.2 Å². The van der Waals surface area contributed by atoms with Gasteiger partial charge in [0.2, 0.25) is 20.0 Å². The van der Waals surface area contributed by atoms with Crippen molar-refractivity contribution < 1.29 is 47.2 Å². The first-order valence-corrected chi connectivity index (χ1v) is 21.6. The lowest BCUT2D eigenvalue weighted by Crippen LogP contribution is -2.36. The van der Waals surface area contributed by atoms with Crippen molar-refractivity contribution in [3.05, 3.63) is 75.1 Å². The highest BCUT2D eigenvalue weighted by atomic mass is 35.5. The fraction of sp³-hybridized carbons (Fsp3) is 0.394. The molecular weight excluding hydrogens is 824 g/mol. The van der Waals surface area contributed by atoms with Crippen molar-refractivity contribution in [3.8, 4) is 23.0 Å². The molecule has 4 aromatic rings. The molecule has 0 bridgehead atoms. The van der Waals surface area contributed by atoms with Crippen LogP contribution >= 0.6 is 24.0 Å². The summed E-state index contributed by atoms with van der Waals surface area (Å²) in [6, 6.07) is 4.09. The van der Waals surface area contributed by atoms with Crippen LogP contribution in [0.5, 0.6) is 0 Å². The predicted octanol–water partition coefficient (Wildman–Crippen LogP) is 5.65. The molecule has 0 spiro atoms. The zero-order valence-electron chi connectivity index (χ0n) is 29.2. The Bertz CT molecular complexity index is 2520. The van der Waals surface area contributed by atoms with Gasteiger partial charge >= 0.3 is 6.18 Å². The van der Waals surface area contributed by atoms with Gasteiger partial charge in [-0.05, 0) is 80.3 Å². The number of sulfone groups is 1. The summed E-state index contributed by atoms with van der Waals surface area (Å²) in [6.07, 6.45) is -1.94. The van der Waals surface area contributed by atoms with Crippen molar-refractivity contribution in [3.63, 3.8) is 0 Å². The largest absolute Gasteiger partial charge is 0.408 e. The SMILES string of the molecule is CC(C)(C#Cc1nc([C@@H](N)Cc2cc(F)cc(F)c2)c(-c2ccc(Cl)c3c(N(S(C)(=O)=O)S(C)(=O)=O)nn(CC(F)(F)F)c23)c2c1CCC2)S(C)(=O)=O.Cl. The quantitative estimate of drug-likeness (QED) is 0.166. The van der Waals surface area contributed by atoms with Crippen molar-refractivity contribution in [2.75, 3.05) is 22.5 Å². The molecule has 2 N–H and O–H groups in total. The number of alkyl halides is 3. The maximum atomic E-state index is 14.2. The van der Waals surface area contributed by atoms with Crippen LogP contribution in [0.1, 0.15) is 54.4 Å². The van der Waals surface area contributed by atoms with Crippen molar-refractivity contribution in [2.24, 2.45) is 5.73 Å². The Labute approximate surface area is 320 Å². The maximum Gasteiger partial charge on any atom is 0.408 e. The van der Waals surface area contributed by atoms with Crippen LogP contribution in [-0.2, 0) is 55.7 Å². The van der Waals surface area contributed by atoms with Gasteiger partial charge in [-0.2, -0.15) is 18.3 Å². The number of pyridine rings is 1. The van der Waals surface area contributed by atoms with Gasteiger partial charge < -0.3 is 5.73 Å². The summed E-state index contributed by atoms with van der Waals surface area (Å²) in [5, 5.41) is 3.10. The molecule has 0 radical (unpaired) electrons. The number of benzene rings is 2. The first-order chi connectivity index (χ1) is 24.2. The van der Waals surface area contributed by atoms with Gasteiger partial charge in [-0.1, -0.05) is 23.6 Å². The molecule has 2 aromatic heterocycles. The van der Waals surface area contributed by atoms with Gasteiger partial charge in [0.25, 0.3) is 0 Å². The van der Waals surface area contributed by atoms with E-state index in [0.29, 0.717) is 53.6 Å². The molecule has 1 aliphatic rings. The smallest absolute Gasteiger partial charge is 0.322 e. The van der Waals surface area contributed by atoms with Crippen LogP contribution in [0, 0.1) is 23.5 Å². The van der Waals surface area contributed by atoms with Crippen LogP contribution < -0.4 is 9.44 Å². The number of fused-ring (bicyclic) bond motifs is 2. The number of sulfonamides is 2. The lowest BCUT2D eigenvalue weighted by Gasteiger charge is -2.22. The lowest BCUT2D eigenvalue weighted by atomic mass is 9.89. The van der Waals surface area contributed by atoms with E-state index in [4.69, 9.17) is 22.3 Å². The third-order valence-corrected chi connectivity index (χ3v) is 14.1. The van der Waals surface area contributed by atoms with E-state index in [-0.39, 0.29) is 55.6 Å². The van der Waals surface area contributed by atoms with E-state index in [1.807, 2.05) is 0 Å². The van der Waals surface area contributed by atoms with E-state index in [2.05, 4.69) is 16.9 Å². The van der Waals surface area contributed by atoms with Crippen LogP contribution in [0.3, 0.4) is 0 Å². The highest BCUT2D eigenvalue weighted by molar-refractivity contribution is 8.09. The number of nitrogens with zero attached hydrogens (tertiary/aromatic N) is 4. The van der Waals surface area contributed by atoms with Crippen LogP contribution in [0.25, 0.3) is 22.0 Å². The number of rotatable bonds is 9. The Hall–Kier alpha value is -3.54. The van der Waals surface area contributed by atoms with Gasteiger partial charge in [0, 0.05) is 23.4 Å². The molecule has 0 saturated carbocycles. The molecule has 1 atom stereocenters. The first kappa shape index (κ1) is 43.2. The van der Waals surface area contributed by atoms with Gasteiger partial charge in [-0.25, -0.2) is 39.0 Å². The molecule has 2 aromatic carbocycles. The normalized spacial score (nSPS) is 14.3. The minimum Gasteiger partial charge on any atom is -0.322 e. The molecule has 2 heterocycles. The number of hydrogen-bond donors (Lipinski definition) is 1. The van der Waals surface area contributed by atoms with Gasteiger partial charge in [0.05, 0.1) is 40.2 Å². The molecular formula is C33H34Cl2F5N5O6S3. The predicted molar refractivity (Wildman–Crippen MR) is 198 cm³/mol. The lowest BCUT2D eigenvalue weighted by molar-refractivity contribution is -0.141. The topological polar surface area (TPSA) is 162 Å². The second-order valence-corrected chi connectivity index (χ2v) is 20.2. The average molecular weight is 859 g/mol. The number of nitrogens with two attached hydrogens (primary N) is 1. The summed E-state index contributed by atoms with van der Waals surface area (Å²) in [5.74, 6) is 2.88. The summed E-state index contributed by atoms with van der Waals surface area (Å²) in [5.41, 5.74) is 7.70. The standard InChI is InChI=1S/C33H33ClF5N5O6S3.ClH/c1-32(2,51(3,45)46)12-11-26-21-7-6-8-22(21)27(29(41-26)25(40)15-18-13-19(35)16-20(36)14-18)23-9-10-24(34)28-30(23)43(17-33(37,38)39)42-31(28)44(52(4,47)48)53(5,49)50;/h9-10,13-14,16,25H,6-8,15,17,40H2,1-5H3;1H/t25-;/m0./s1. The molecule has 54 heavy (non-hydrogen) atoms. The number of anilines is 1. The molecule has 21 heteroatoms. The molecule has 0 saturated heterocycles. The molecule has 0 fully saturated rings. The summed E-state index contributed by atoms with van der Waals surface area (Å²) >= 11 is 6.52. The Morgan fingerprint density at radius 3 is 2.07 bits per heavy atom. The molecule has 294 valence electrons. The number of halogens is 7. The van der Waals surface area contributed by atoms with Gasteiger partial charge in [-0.15, -0.1) is 16.1 Å². The second kappa shape index (κ2) is 14.8. The average Bonchev–Trinajstić information content (AvgIpc) is 3.59. The third-order valence-electron chi connectivity index (χ3n) is 8.63. The van der Waals surface area contributed by atoms with Crippen LogP contribution in [0.2, 0.25) is 5.02 Å². The second-order valence-electron chi connectivity index (χ2n) is 13.3. The zero-order chi connectivity index (χ0) is 39.6. The van der Waals surface area contributed by atoms with Crippen LogP contribution in [-0.4, -0.2) is 69.7 Å². The molecule has 11 nitrogen and oxygen atoms in total. The van der Waals surface area contributed by atoms with Gasteiger partial charge in [0.1, 0.15) is 28.6 Å². The zero-order valence-corrected chi connectivity index (χ0v) is 33.2. The molecule has 5 rings (SSSR count). The van der Waals surface area contributed by atoms with Gasteiger partial charge in [-0.3, -0.25) is 4.68 Å². The molecule has 0 amide bonds. The molecule has 1 aliphatic carbocycles. The summed E-state index contributed by atoms with van der Waals surface area (Å²) in [7, 11) is -13.1. The number of hydrogen-bond acceptors (Lipinski definition) is 9. The van der Waals surface area contributed by atoms with E-state index < -0.39 is 81.7 Å². The van der Waals surface area contributed by atoms with E-state index in [0.717, 1.165) is 18.4 Å². The first-order valence-electron chi connectivity index (χ1n) is 15.6.